The van der Waals surface area contributed by atoms with Gasteiger partial charge in [0.15, 0.2) is 17.7 Å². The van der Waals surface area contributed by atoms with Gasteiger partial charge in [0.05, 0.1) is 19.5 Å². The highest BCUT2D eigenvalue weighted by atomic mass is 31.3. The SMILES string of the molecule is Nc1ncnc2c1ncn2[C@@H]1O[C@H](COP(=O)(O)OP(=O)(O)OC2CC(n3ccc(=O)[nH]c3=O)OC2CO)[C@@H](O)[C@H]1O. The first-order chi connectivity index (χ1) is 19.8. The van der Waals surface area contributed by atoms with Gasteiger partial charge < -0.3 is 40.3 Å². The van der Waals surface area contributed by atoms with Gasteiger partial charge in [-0.15, -0.1) is 0 Å². The van der Waals surface area contributed by atoms with E-state index in [1.54, 1.807) is 0 Å². The summed E-state index contributed by atoms with van der Waals surface area (Å²) in [5.74, 6) is 0.0519. The predicted octanol–water partition coefficient (Wildman–Crippen LogP) is -2.52. The highest BCUT2D eigenvalue weighted by Crippen LogP contribution is 2.62. The number of H-pyrrole nitrogens is 1. The Balaban J connectivity index is 1.20. The number of nitrogens with two attached hydrogens (primary N) is 1. The van der Waals surface area contributed by atoms with Gasteiger partial charge in [0.1, 0.15) is 48.6 Å². The van der Waals surface area contributed by atoms with E-state index in [0.717, 1.165) is 23.2 Å². The van der Waals surface area contributed by atoms with Crippen LogP contribution in [0.3, 0.4) is 0 Å². The Morgan fingerprint density at radius 2 is 1.83 bits per heavy atom. The number of phosphoric acid groups is 2. The Bertz CT molecular complexity index is 1660. The van der Waals surface area contributed by atoms with Crippen molar-refractivity contribution in [2.45, 2.75) is 49.4 Å². The van der Waals surface area contributed by atoms with Gasteiger partial charge in [-0.3, -0.25) is 28.0 Å². The Hall–Kier alpha value is -2.91. The molecule has 0 radical (unpaired) electrons. The third kappa shape index (κ3) is 6.23. The minimum absolute atomic E-state index is 0.0519. The molecule has 0 amide bonds. The van der Waals surface area contributed by atoms with Crippen LogP contribution in [0.1, 0.15) is 18.9 Å². The van der Waals surface area contributed by atoms with Crippen molar-refractivity contribution >= 4 is 32.6 Å². The van der Waals surface area contributed by atoms with Crippen LogP contribution in [-0.2, 0) is 32.0 Å². The van der Waals surface area contributed by atoms with Crippen LogP contribution in [0.5, 0.6) is 0 Å². The minimum Gasteiger partial charge on any atom is -0.394 e. The van der Waals surface area contributed by atoms with Crippen molar-refractivity contribution in [2.24, 2.45) is 0 Å². The van der Waals surface area contributed by atoms with Crippen LogP contribution < -0.4 is 17.0 Å². The Labute approximate surface area is 233 Å². The number of nitrogens with zero attached hydrogens (tertiary/aromatic N) is 5. The Kier molecular flexibility index (Phi) is 8.47. The van der Waals surface area contributed by atoms with Crippen LogP contribution in [-0.4, -0.2) is 97.9 Å². The number of anilines is 1. The molecule has 0 aliphatic carbocycles. The Morgan fingerprint density at radius 1 is 1.07 bits per heavy atom. The molecule has 0 spiro atoms. The maximum atomic E-state index is 12.6. The largest absolute Gasteiger partial charge is 0.481 e. The first kappa shape index (κ1) is 30.5. The summed E-state index contributed by atoms with van der Waals surface area (Å²) in [6, 6.07) is 1.03. The second-order valence-corrected chi connectivity index (χ2v) is 12.1. The number of aromatic amines is 1. The average molecular weight is 637 g/mol. The monoisotopic (exact) mass is 637 g/mol. The smallest absolute Gasteiger partial charge is 0.394 e. The fraction of sp³-hybridized carbons (Fsp3) is 0.526. The molecule has 9 atom stereocenters. The summed E-state index contributed by atoms with van der Waals surface area (Å²) in [5.41, 5.74) is 4.57. The van der Waals surface area contributed by atoms with Gasteiger partial charge in [-0.2, -0.15) is 4.31 Å². The summed E-state index contributed by atoms with van der Waals surface area (Å²) in [6.45, 7) is -1.63. The van der Waals surface area contributed by atoms with Crippen molar-refractivity contribution in [3.8, 4) is 0 Å². The second kappa shape index (κ2) is 11.6. The van der Waals surface area contributed by atoms with Crippen molar-refractivity contribution in [2.75, 3.05) is 18.9 Å². The van der Waals surface area contributed by atoms with E-state index in [2.05, 4.69) is 19.3 Å². The lowest BCUT2D eigenvalue weighted by molar-refractivity contribution is -0.0516. The summed E-state index contributed by atoms with van der Waals surface area (Å²) in [5, 5.41) is 30.5. The third-order valence-electron chi connectivity index (χ3n) is 6.40. The van der Waals surface area contributed by atoms with E-state index in [9.17, 15) is 43.8 Å². The van der Waals surface area contributed by atoms with E-state index in [-0.39, 0.29) is 23.4 Å². The molecule has 5 rings (SSSR count). The molecule has 2 aliphatic rings. The molecule has 23 heteroatoms. The van der Waals surface area contributed by atoms with Gasteiger partial charge >= 0.3 is 21.3 Å². The zero-order chi connectivity index (χ0) is 30.4. The summed E-state index contributed by atoms with van der Waals surface area (Å²) in [7, 11) is -10.8. The molecule has 2 fully saturated rings. The number of hydrogen-bond acceptors (Lipinski definition) is 16. The number of ether oxygens (including phenoxy) is 2. The summed E-state index contributed by atoms with van der Waals surface area (Å²) in [4.78, 5) is 57.4. The van der Waals surface area contributed by atoms with E-state index in [1.807, 2.05) is 4.98 Å². The number of aliphatic hydroxyl groups excluding tert-OH is 3. The van der Waals surface area contributed by atoms with Crippen molar-refractivity contribution in [1.29, 1.82) is 0 Å². The second-order valence-electron chi connectivity index (χ2n) is 9.15. The maximum absolute atomic E-state index is 12.6. The number of aliphatic hydroxyl groups is 3. The number of imidazole rings is 1. The molecule has 2 saturated heterocycles. The zero-order valence-corrected chi connectivity index (χ0v) is 22.9. The highest BCUT2D eigenvalue weighted by Gasteiger charge is 2.47. The van der Waals surface area contributed by atoms with Gasteiger partial charge in [-0.25, -0.2) is 28.9 Å². The average Bonchev–Trinajstić information content (AvgIpc) is 3.59. The standard InChI is InChI=1S/C19H25N7O14P2/c20-16-13-17(22-6-21-16)26(7-23-13)18-15(30)14(29)10(38-18)5-36-41(32,33)40-42(34,35)39-8-3-12(37-9(8)4-27)25-2-1-11(28)24-19(25)31/h1-2,6-10,12,14-15,18,27,29-30H,3-5H2,(H,32,33)(H,34,35)(H2,20,21,22)(H,24,28,31)/t8?,9?,10-,12?,14-,15-,18-/m1/s1. The molecule has 5 unspecified atom stereocenters. The third-order valence-corrected chi connectivity index (χ3v) is 9.06. The highest BCUT2D eigenvalue weighted by molar-refractivity contribution is 7.61. The van der Waals surface area contributed by atoms with Gasteiger partial charge in [0.2, 0.25) is 0 Å². The topological polar surface area (TPSA) is 306 Å². The normalized spacial score (nSPS) is 30.8. The number of hydrogen-bond donors (Lipinski definition) is 7. The van der Waals surface area contributed by atoms with E-state index in [1.165, 1.54) is 10.9 Å². The molecule has 21 nitrogen and oxygen atoms in total. The number of nitrogen functional groups attached to an aromatic ring is 1. The maximum Gasteiger partial charge on any atom is 0.481 e. The molecule has 8 N–H and O–H groups in total. The molecule has 0 aromatic carbocycles. The molecule has 5 heterocycles. The van der Waals surface area contributed by atoms with Crippen LogP contribution in [0.4, 0.5) is 5.82 Å². The number of phosphoric ester groups is 2. The lowest BCUT2D eigenvalue weighted by Gasteiger charge is -2.22. The lowest BCUT2D eigenvalue weighted by Crippen LogP contribution is -2.33. The molecule has 2 aliphatic heterocycles. The number of fused-ring (bicyclic) bond motifs is 1. The van der Waals surface area contributed by atoms with Crippen molar-refractivity contribution < 1.29 is 57.1 Å². The molecule has 42 heavy (non-hydrogen) atoms. The van der Waals surface area contributed by atoms with Gasteiger partial charge in [-0.05, 0) is 0 Å². The van der Waals surface area contributed by atoms with Crippen LogP contribution in [0.15, 0.2) is 34.5 Å². The lowest BCUT2D eigenvalue weighted by atomic mass is 10.1. The fourth-order valence-corrected chi connectivity index (χ4v) is 6.75. The number of aromatic nitrogens is 6. The predicted molar refractivity (Wildman–Crippen MR) is 134 cm³/mol. The van der Waals surface area contributed by atoms with Crippen LogP contribution >= 0.6 is 15.6 Å². The first-order valence-corrected chi connectivity index (χ1v) is 15.0. The van der Waals surface area contributed by atoms with Crippen LogP contribution in [0.25, 0.3) is 11.2 Å². The Morgan fingerprint density at radius 3 is 2.55 bits per heavy atom. The minimum atomic E-state index is -5.39. The van der Waals surface area contributed by atoms with E-state index in [0.29, 0.717) is 0 Å². The molecule has 0 bridgehead atoms. The van der Waals surface area contributed by atoms with Crippen molar-refractivity contribution in [3.63, 3.8) is 0 Å². The molecule has 3 aromatic heterocycles. The van der Waals surface area contributed by atoms with E-state index >= 15 is 0 Å². The van der Waals surface area contributed by atoms with Crippen molar-refractivity contribution in [1.82, 2.24) is 29.1 Å². The molecular formula is C19H25N7O14P2. The quantitative estimate of drug-likeness (QED) is 0.113. The molecular weight excluding hydrogens is 612 g/mol. The first-order valence-electron chi connectivity index (χ1n) is 12.0. The van der Waals surface area contributed by atoms with Gasteiger partial charge in [-0.1, -0.05) is 0 Å². The summed E-state index contributed by atoms with van der Waals surface area (Å²) < 4.78 is 52.2. The van der Waals surface area contributed by atoms with Gasteiger partial charge in [0.25, 0.3) is 5.56 Å². The van der Waals surface area contributed by atoms with Crippen molar-refractivity contribution in [3.05, 3.63) is 45.8 Å². The molecule has 230 valence electrons. The zero-order valence-electron chi connectivity index (χ0n) is 21.1. The molecule has 3 aromatic rings. The summed E-state index contributed by atoms with van der Waals surface area (Å²) in [6.07, 6.45) is -6.58. The molecule has 0 saturated carbocycles. The number of rotatable bonds is 10. The van der Waals surface area contributed by atoms with Gasteiger partial charge in [0, 0.05) is 18.7 Å². The fourth-order valence-electron chi connectivity index (χ4n) is 4.47. The van der Waals surface area contributed by atoms with Crippen LogP contribution in [0, 0.1) is 0 Å². The summed E-state index contributed by atoms with van der Waals surface area (Å²) >= 11 is 0. The van der Waals surface area contributed by atoms with Crippen LogP contribution in [0.2, 0.25) is 0 Å². The van der Waals surface area contributed by atoms with E-state index in [4.69, 9.17) is 24.3 Å². The van der Waals surface area contributed by atoms with E-state index < -0.39 is 83.1 Å². The number of nitrogens with one attached hydrogen (secondary N) is 1.